The second-order valence-corrected chi connectivity index (χ2v) is 2.70. The number of carbonyl (C=O) groups excluding carboxylic acids is 1. The molecule has 0 fully saturated rings. The van der Waals surface area contributed by atoms with Gasteiger partial charge in [0.05, 0.1) is 0 Å². The largest absolute Gasteiger partial charge is 0.442 e. The van der Waals surface area contributed by atoms with Crippen LogP contribution in [0.25, 0.3) is 0 Å². The second-order valence-electron chi connectivity index (χ2n) is 2.70. The van der Waals surface area contributed by atoms with Gasteiger partial charge in [0.2, 0.25) is 0 Å². The molecular formula is C7H14NO2. The summed E-state index contributed by atoms with van der Waals surface area (Å²) in [5.74, 6) is 0. The fraction of sp³-hybridized carbons (Fsp3) is 0.857. The number of hydrogen-bond donors (Lipinski definition) is 0. The van der Waals surface area contributed by atoms with Crippen molar-refractivity contribution in [1.29, 1.82) is 0 Å². The van der Waals surface area contributed by atoms with E-state index >= 15 is 0 Å². The van der Waals surface area contributed by atoms with E-state index in [1.165, 1.54) is 7.05 Å². The molecular weight excluding hydrogens is 130 g/mol. The van der Waals surface area contributed by atoms with Crippen molar-refractivity contribution in [1.82, 2.24) is 5.32 Å². The Morgan fingerprint density at radius 2 is 2.10 bits per heavy atom. The molecule has 0 aliphatic heterocycles. The summed E-state index contributed by atoms with van der Waals surface area (Å²) in [7, 11) is 1.42. The van der Waals surface area contributed by atoms with E-state index in [4.69, 9.17) is 4.74 Å². The fourth-order valence-electron chi connectivity index (χ4n) is 0.354. The Morgan fingerprint density at radius 3 is 2.40 bits per heavy atom. The molecule has 0 aromatic rings. The fourth-order valence-corrected chi connectivity index (χ4v) is 0.354. The minimum atomic E-state index is -0.494. The number of rotatable bonds is 2. The van der Waals surface area contributed by atoms with Crippen molar-refractivity contribution in [2.45, 2.75) is 32.8 Å². The predicted molar refractivity (Wildman–Crippen MR) is 38.9 cm³/mol. The van der Waals surface area contributed by atoms with Crippen molar-refractivity contribution in [2.75, 3.05) is 7.05 Å². The van der Waals surface area contributed by atoms with Crippen molar-refractivity contribution in [3.8, 4) is 0 Å². The van der Waals surface area contributed by atoms with Gasteiger partial charge in [0.25, 0.3) is 0 Å². The lowest BCUT2D eigenvalue weighted by molar-refractivity contribution is 0.0370. The molecule has 0 saturated heterocycles. The molecule has 0 aromatic carbocycles. The molecule has 0 unspecified atom stereocenters. The summed E-state index contributed by atoms with van der Waals surface area (Å²) < 4.78 is 4.93. The summed E-state index contributed by atoms with van der Waals surface area (Å²) in [5, 5.41) is 3.36. The molecule has 0 aliphatic rings. The number of hydrogen-bond acceptors (Lipinski definition) is 2. The molecule has 0 heterocycles. The summed E-state index contributed by atoms with van der Waals surface area (Å²) in [4.78, 5) is 10.6. The first kappa shape index (κ1) is 9.27. The maximum Gasteiger partial charge on any atom is 0.429 e. The van der Waals surface area contributed by atoms with E-state index < -0.39 is 6.09 Å². The van der Waals surface area contributed by atoms with E-state index in [0.29, 0.717) is 0 Å². The number of ether oxygens (including phenoxy) is 1. The van der Waals surface area contributed by atoms with Gasteiger partial charge < -0.3 is 4.74 Å². The second kappa shape index (κ2) is 3.44. The van der Waals surface area contributed by atoms with Crippen LogP contribution in [0.1, 0.15) is 27.2 Å². The Labute approximate surface area is 61.8 Å². The highest BCUT2D eigenvalue weighted by Gasteiger charge is 2.19. The van der Waals surface area contributed by atoms with Crippen molar-refractivity contribution in [3.05, 3.63) is 0 Å². The Bertz CT molecular complexity index is 121. The van der Waals surface area contributed by atoms with Gasteiger partial charge in [-0.05, 0) is 20.3 Å². The van der Waals surface area contributed by atoms with Crippen LogP contribution in [0.15, 0.2) is 0 Å². The highest BCUT2D eigenvalue weighted by atomic mass is 16.6. The van der Waals surface area contributed by atoms with Gasteiger partial charge in [0, 0.05) is 7.05 Å². The highest BCUT2D eigenvalue weighted by molar-refractivity contribution is 5.66. The molecule has 1 radical (unpaired) electrons. The van der Waals surface area contributed by atoms with E-state index in [1.54, 1.807) is 0 Å². The van der Waals surface area contributed by atoms with E-state index in [0.717, 1.165) is 6.42 Å². The number of amides is 1. The summed E-state index contributed by atoms with van der Waals surface area (Å²) >= 11 is 0. The first-order chi connectivity index (χ1) is 4.52. The first-order valence-electron chi connectivity index (χ1n) is 3.34. The van der Waals surface area contributed by atoms with Crippen LogP contribution in [-0.2, 0) is 4.74 Å². The zero-order valence-corrected chi connectivity index (χ0v) is 6.97. The molecule has 0 saturated carbocycles. The molecule has 0 rings (SSSR count). The number of carbonyl (C=O) groups is 1. The minimum Gasteiger partial charge on any atom is -0.442 e. The van der Waals surface area contributed by atoms with Gasteiger partial charge in [-0.3, -0.25) is 0 Å². The predicted octanol–water partition coefficient (Wildman–Crippen LogP) is 1.55. The number of nitrogens with zero attached hydrogens (tertiary/aromatic N) is 1. The van der Waals surface area contributed by atoms with E-state index in [-0.39, 0.29) is 5.60 Å². The lowest BCUT2D eigenvalue weighted by atomic mass is 10.1. The van der Waals surface area contributed by atoms with Gasteiger partial charge in [-0.2, -0.15) is 0 Å². The van der Waals surface area contributed by atoms with Crippen molar-refractivity contribution in [2.24, 2.45) is 0 Å². The van der Waals surface area contributed by atoms with Crippen LogP contribution in [0.3, 0.4) is 0 Å². The van der Waals surface area contributed by atoms with Crippen LogP contribution in [0.4, 0.5) is 4.79 Å². The van der Waals surface area contributed by atoms with Crippen LogP contribution in [0, 0.1) is 0 Å². The standard InChI is InChI=1S/C7H14NO2/c1-5-7(2,3)10-6(9)8-4/h5H2,1-4H3. The Balaban J connectivity index is 3.76. The molecule has 59 valence electrons. The molecule has 0 atom stereocenters. The SMILES string of the molecule is CCC(C)(C)OC(=O)[N]C. The highest BCUT2D eigenvalue weighted by Crippen LogP contribution is 2.13. The van der Waals surface area contributed by atoms with Crippen molar-refractivity contribution >= 4 is 6.09 Å². The molecule has 0 bridgehead atoms. The average Bonchev–Trinajstić information content (AvgIpc) is 1.87. The van der Waals surface area contributed by atoms with E-state index in [1.807, 2.05) is 20.8 Å². The first-order valence-corrected chi connectivity index (χ1v) is 3.34. The Hall–Kier alpha value is -0.730. The third kappa shape index (κ3) is 3.33. The Kier molecular flexibility index (Phi) is 3.19. The maximum absolute atomic E-state index is 10.6. The van der Waals surface area contributed by atoms with Crippen LogP contribution in [0.2, 0.25) is 0 Å². The Morgan fingerprint density at radius 1 is 1.60 bits per heavy atom. The monoisotopic (exact) mass is 144 g/mol. The lowest BCUT2D eigenvalue weighted by Crippen LogP contribution is -2.29. The maximum atomic E-state index is 10.6. The van der Waals surface area contributed by atoms with Crippen LogP contribution >= 0.6 is 0 Å². The lowest BCUT2D eigenvalue weighted by Gasteiger charge is -2.21. The third-order valence-corrected chi connectivity index (χ3v) is 1.40. The molecule has 3 heteroatoms. The van der Waals surface area contributed by atoms with Crippen molar-refractivity contribution < 1.29 is 9.53 Å². The van der Waals surface area contributed by atoms with Gasteiger partial charge in [0.15, 0.2) is 0 Å². The molecule has 0 spiro atoms. The molecule has 3 nitrogen and oxygen atoms in total. The van der Waals surface area contributed by atoms with Gasteiger partial charge >= 0.3 is 6.09 Å². The molecule has 0 N–H and O–H groups in total. The zero-order chi connectivity index (χ0) is 8.20. The summed E-state index contributed by atoms with van der Waals surface area (Å²) in [6.45, 7) is 5.68. The van der Waals surface area contributed by atoms with Crippen molar-refractivity contribution in [3.63, 3.8) is 0 Å². The molecule has 0 aromatic heterocycles. The third-order valence-electron chi connectivity index (χ3n) is 1.40. The van der Waals surface area contributed by atoms with Crippen LogP contribution in [0.5, 0.6) is 0 Å². The van der Waals surface area contributed by atoms with Crippen LogP contribution in [-0.4, -0.2) is 18.7 Å². The van der Waals surface area contributed by atoms with E-state index in [2.05, 4.69) is 5.32 Å². The molecule has 0 aliphatic carbocycles. The minimum absolute atomic E-state index is 0.378. The van der Waals surface area contributed by atoms with Gasteiger partial charge in [0.1, 0.15) is 5.60 Å². The zero-order valence-electron chi connectivity index (χ0n) is 6.97. The van der Waals surface area contributed by atoms with E-state index in [9.17, 15) is 4.79 Å². The molecule has 10 heavy (non-hydrogen) atoms. The van der Waals surface area contributed by atoms with Gasteiger partial charge in [-0.25, -0.2) is 10.1 Å². The normalized spacial score (nSPS) is 10.8. The summed E-state index contributed by atoms with van der Waals surface area (Å²) in [5.41, 5.74) is -0.378. The average molecular weight is 144 g/mol. The summed E-state index contributed by atoms with van der Waals surface area (Å²) in [6.07, 6.45) is 0.306. The van der Waals surface area contributed by atoms with Crippen LogP contribution < -0.4 is 5.32 Å². The smallest absolute Gasteiger partial charge is 0.429 e. The topological polar surface area (TPSA) is 40.4 Å². The quantitative estimate of drug-likeness (QED) is 0.589. The summed E-state index contributed by atoms with van der Waals surface area (Å²) in [6, 6.07) is 0. The van der Waals surface area contributed by atoms with Gasteiger partial charge in [-0.15, -0.1) is 0 Å². The van der Waals surface area contributed by atoms with Gasteiger partial charge in [-0.1, -0.05) is 6.92 Å². The molecule has 1 amide bonds.